The summed E-state index contributed by atoms with van der Waals surface area (Å²) in [5, 5.41) is 5.68. The SMILES string of the molecule is Cc1ccc(C(=O)NC(C)(CN)CC(C)C)cc1NC(=O)c1ccccc1F.Cl. The van der Waals surface area contributed by atoms with Crippen LogP contribution in [0.25, 0.3) is 0 Å². The number of carbonyl (C=O) groups excluding carboxylic acids is 2. The average Bonchev–Trinajstić information content (AvgIpc) is 2.63. The molecule has 0 saturated carbocycles. The van der Waals surface area contributed by atoms with E-state index in [-0.39, 0.29) is 23.9 Å². The van der Waals surface area contributed by atoms with Gasteiger partial charge in [-0.1, -0.05) is 32.0 Å². The van der Waals surface area contributed by atoms with Crippen molar-refractivity contribution in [1.82, 2.24) is 5.32 Å². The van der Waals surface area contributed by atoms with E-state index in [1.165, 1.54) is 18.2 Å². The number of nitrogens with two attached hydrogens (primary N) is 1. The van der Waals surface area contributed by atoms with Crippen LogP contribution < -0.4 is 16.4 Å². The van der Waals surface area contributed by atoms with Gasteiger partial charge in [-0.25, -0.2) is 4.39 Å². The van der Waals surface area contributed by atoms with Crippen molar-refractivity contribution in [2.24, 2.45) is 11.7 Å². The van der Waals surface area contributed by atoms with Crippen molar-refractivity contribution in [2.45, 2.75) is 39.7 Å². The molecule has 0 aliphatic carbocycles. The summed E-state index contributed by atoms with van der Waals surface area (Å²) in [6, 6.07) is 10.8. The van der Waals surface area contributed by atoms with Gasteiger partial charge in [0.1, 0.15) is 5.82 Å². The van der Waals surface area contributed by atoms with Gasteiger partial charge in [-0.2, -0.15) is 0 Å². The van der Waals surface area contributed by atoms with Gasteiger partial charge in [0.15, 0.2) is 0 Å². The Balaban J connectivity index is 0.00000420. The highest BCUT2D eigenvalue weighted by Crippen LogP contribution is 2.21. The third-order valence-corrected chi connectivity index (χ3v) is 4.59. The molecule has 1 atom stereocenters. The highest BCUT2D eigenvalue weighted by Gasteiger charge is 2.26. The first-order valence-electron chi connectivity index (χ1n) is 9.34. The minimum atomic E-state index is -0.598. The van der Waals surface area contributed by atoms with Gasteiger partial charge in [0.05, 0.1) is 5.56 Å². The molecule has 2 aromatic carbocycles. The minimum Gasteiger partial charge on any atom is -0.346 e. The molecule has 7 heteroatoms. The summed E-state index contributed by atoms with van der Waals surface area (Å²) in [4.78, 5) is 25.1. The van der Waals surface area contributed by atoms with Crippen LogP contribution in [0, 0.1) is 18.7 Å². The molecular formula is C22H29ClFN3O2. The molecule has 0 fully saturated rings. The number of hydrogen-bond donors (Lipinski definition) is 3. The van der Waals surface area contributed by atoms with Crippen molar-refractivity contribution in [3.63, 3.8) is 0 Å². The molecular weight excluding hydrogens is 393 g/mol. The number of aryl methyl sites for hydroxylation is 1. The fourth-order valence-electron chi connectivity index (χ4n) is 3.17. The molecule has 2 rings (SSSR count). The smallest absolute Gasteiger partial charge is 0.258 e. The number of halogens is 2. The van der Waals surface area contributed by atoms with Crippen molar-refractivity contribution in [3.8, 4) is 0 Å². The van der Waals surface area contributed by atoms with E-state index < -0.39 is 17.3 Å². The van der Waals surface area contributed by atoms with E-state index in [1.54, 1.807) is 31.2 Å². The lowest BCUT2D eigenvalue weighted by molar-refractivity contribution is 0.0897. The van der Waals surface area contributed by atoms with Crippen LogP contribution in [0.3, 0.4) is 0 Å². The van der Waals surface area contributed by atoms with Crippen molar-refractivity contribution < 1.29 is 14.0 Å². The normalized spacial score (nSPS) is 12.7. The number of carbonyl (C=O) groups is 2. The second kappa shape index (κ2) is 10.4. The first-order valence-corrected chi connectivity index (χ1v) is 9.34. The van der Waals surface area contributed by atoms with Gasteiger partial charge in [0.2, 0.25) is 0 Å². The van der Waals surface area contributed by atoms with Crippen LogP contribution in [0.2, 0.25) is 0 Å². The summed E-state index contributed by atoms with van der Waals surface area (Å²) in [6.45, 7) is 8.19. The zero-order valence-corrected chi connectivity index (χ0v) is 18.0. The number of nitrogens with one attached hydrogen (secondary N) is 2. The van der Waals surface area contributed by atoms with Gasteiger partial charge in [-0.05, 0) is 56.0 Å². The number of hydrogen-bond acceptors (Lipinski definition) is 3. The maximum absolute atomic E-state index is 13.8. The minimum absolute atomic E-state index is 0. The predicted octanol–water partition coefficient (Wildman–Crippen LogP) is 4.30. The van der Waals surface area contributed by atoms with Crippen LogP contribution in [0.15, 0.2) is 42.5 Å². The molecule has 5 nitrogen and oxygen atoms in total. The van der Waals surface area contributed by atoms with Gasteiger partial charge in [0, 0.05) is 23.3 Å². The van der Waals surface area contributed by atoms with Gasteiger partial charge < -0.3 is 16.4 Å². The summed E-state index contributed by atoms with van der Waals surface area (Å²) < 4.78 is 13.8. The monoisotopic (exact) mass is 421 g/mol. The van der Waals surface area contributed by atoms with Crippen LogP contribution in [-0.4, -0.2) is 23.9 Å². The lowest BCUT2D eigenvalue weighted by Gasteiger charge is -2.31. The van der Waals surface area contributed by atoms with Crippen LogP contribution in [0.4, 0.5) is 10.1 Å². The Kier molecular flexibility index (Phi) is 8.80. The highest BCUT2D eigenvalue weighted by molar-refractivity contribution is 6.05. The Labute approximate surface area is 177 Å². The van der Waals surface area contributed by atoms with Crippen molar-refractivity contribution in [1.29, 1.82) is 0 Å². The summed E-state index contributed by atoms with van der Waals surface area (Å²) in [5.41, 5.74) is 6.93. The molecule has 2 amide bonds. The van der Waals surface area contributed by atoms with E-state index >= 15 is 0 Å². The first kappa shape index (κ1) is 24.6. The molecule has 29 heavy (non-hydrogen) atoms. The molecule has 1 unspecified atom stereocenters. The Hall–Kier alpha value is -2.44. The highest BCUT2D eigenvalue weighted by atomic mass is 35.5. The third-order valence-electron chi connectivity index (χ3n) is 4.59. The Bertz CT molecular complexity index is 873. The zero-order valence-electron chi connectivity index (χ0n) is 17.2. The first-order chi connectivity index (χ1) is 13.1. The second-order valence-corrected chi connectivity index (χ2v) is 7.78. The van der Waals surface area contributed by atoms with Crippen LogP contribution in [-0.2, 0) is 0 Å². The Morgan fingerprint density at radius 2 is 1.79 bits per heavy atom. The van der Waals surface area contributed by atoms with Crippen LogP contribution in [0.5, 0.6) is 0 Å². The molecule has 0 saturated heterocycles. The zero-order chi connectivity index (χ0) is 20.9. The van der Waals surface area contributed by atoms with Gasteiger partial charge >= 0.3 is 0 Å². The van der Waals surface area contributed by atoms with E-state index in [4.69, 9.17) is 5.73 Å². The third kappa shape index (κ3) is 6.54. The summed E-state index contributed by atoms with van der Waals surface area (Å²) in [5.74, 6) is -1.05. The number of anilines is 1. The van der Waals surface area contributed by atoms with Crippen LogP contribution >= 0.6 is 12.4 Å². The number of benzene rings is 2. The average molecular weight is 422 g/mol. The fourth-order valence-corrected chi connectivity index (χ4v) is 3.17. The quantitative estimate of drug-likeness (QED) is 0.623. The van der Waals surface area contributed by atoms with Crippen molar-refractivity contribution >= 4 is 29.9 Å². The summed E-state index contributed by atoms with van der Waals surface area (Å²) in [7, 11) is 0. The Morgan fingerprint density at radius 3 is 2.38 bits per heavy atom. The van der Waals surface area contributed by atoms with E-state index in [2.05, 4.69) is 24.5 Å². The van der Waals surface area contributed by atoms with Gasteiger partial charge in [0.25, 0.3) is 11.8 Å². The topological polar surface area (TPSA) is 84.2 Å². The largest absolute Gasteiger partial charge is 0.346 e. The molecule has 0 heterocycles. The molecule has 0 spiro atoms. The predicted molar refractivity (Wildman–Crippen MR) is 117 cm³/mol. The number of rotatable bonds is 7. The molecule has 0 aliphatic rings. The fraction of sp³-hybridized carbons (Fsp3) is 0.364. The molecule has 0 aliphatic heterocycles. The molecule has 0 radical (unpaired) electrons. The summed E-state index contributed by atoms with van der Waals surface area (Å²) >= 11 is 0. The molecule has 2 aromatic rings. The molecule has 4 N–H and O–H groups in total. The maximum Gasteiger partial charge on any atom is 0.258 e. The molecule has 0 aromatic heterocycles. The van der Waals surface area contributed by atoms with Gasteiger partial charge in [-0.3, -0.25) is 9.59 Å². The lowest BCUT2D eigenvalue weighted by Crippen LogP contribution is -2.52. The van der Waals surface area contributed by atoms with E-state index in [9.17, 15) is 14.0 Å². The van der Waals surface area contributed by atoms with E-state index in [0.717, 1.165) is 12.0 Å². The summed E-state index contributed by atoms with van der Waals surface area (Å²) in [6.07, 6.45) is 0.748. The second-order valence-electron chi connectivity index (χ2n) is 7.78. The molecule has 158 valence electrons. The molecule has 0 bridgehead atoms. The van der Waals surface area contributed by atoms with E-state index in [1.807, 2.05) is 6.92 Å². The standard InChI is InChI=1S/C22H28FN3O2.ClH/c1-14(2)12-22(4,13-24)26-20(27)16-10-9-15(3)19(11-16)25-21(28)17-7-5-6-8-18(17)23;/h5-11,14H,12-13,24H2,1-4H3,(H,25,28)(H,26,27);1H. The van der Waals surface area contributed by atoms with Crippen LogP contribution in [0.1, 0.15) is 53.5 Å². The number of amides is 2. The van der Waals surface area contributed by atoms with Crippen molar-refractivity contribution in [2.75, 3.05) is 11.9 Å². The van der Waals surface area contributed by atoms with Gasteiger partial charge in [-0.15, -0.1) is 12.4 Å². The maximum atomic E-state index is 13.8. The van der Waals surface area contributed by atoms with Crippen molar-refractivity contribution in [3.05, 3.63) is 65.0 Å². The Morgan fingerprint density at radius 1 is 1.14 bits per heavy atom. The lowest BCUT2D eigenvalue weighted by atomic mass is 9.90. The van der Waals surface area contributed by atoms with E-state index in [0.29, 0.717) is 23.7 Å².